The molecule has 30 heavy (non-hydrogen) atoms. The molecule has 0 saturated heterocycles. The van der Waals surface area contributed by atoms with Crippen molar-refractivity contribution >= 4 is 17.0 Å². The molecule has 6 nitrogen and oxygen atoms in total. The highest BCUT2D eigenvalue weighted by Gasteiger charge is 2.19. The fraction of sp³-hybridized carbons (Fsp3) is 0.304. The fourth-order valence-corrected chi connectivity index (χ4v) is 4.42. The van der Waals surface area contributed by atoms with Gasteiger partial charge in [0.15, 0.2) is 0 Å². The summed E-state index contributed by atoms with van der Waals surface area (Å²) in [5, 5.41) is 7.12. The Morgan fingerprint density at radius 1 is 1.00 bits per heavy atom. The van der Waals surface area contributed by atoms with Crippen LogP contribution < -0.4 is 14.3 Å². The molecule has 0 N–H and O–H groups in total. The van der Waals surface area contributed by atoms with Crippen molar-refractivity contribution in [3.8, 4) is 22.8 Å². The van der Waals surface area contributed by atoms with Gasteiger partial charge in [-0.15, -0.1) is 11.3 Å². The smallest absolute Gasteiger partial charge is 0.206 e. The Kier molecular flexibility index (Phi) is 6.30. The highest BCUT2D eigenvalue weighted by Crippen LogP contribution is 2.34. The van der Waals surface area contributed by atoms with Gasteiger partial charge in [0.1, 0.15) is 11.5 Å². The van der Waals surface area contributed by atoms with Gasteiger partial charge in [0.05, 0.1) is 38.8 Å². The first-order chi connectivity index (χ1) is 14.7. The SMILES string of the molecule is COCCN=c1scc(-c2cc(OC)ccc2OC)n1/N=C1/CCc2ccccc21. The number of fused-ring (bicyclic) bond motifs is 1. The van der Waals surface area contributed by atoms with Gasteiger partial charge < -0.3 is 14.2 Å². The molecule has 0 fully saturated rings. The summed E-state index contributed by atoms with van der Waals surface area (Å²) < 4.78 is 18.2. The number of thiazole rings is 1. The second-order valence-corrected chi connectivity index (χ2v) is 7.70. The fourth-order valence-electron chi connectivity index (χ4n) is 3.57. The van der Waals surface area contributed by atoms with Gasteiger partial charge in [-0.05, 0) is 36.6 Å². The largest absolute Gasteiger partial charge is 0.497 e. The highest BCUT2D eigenvalue weighted by molar-refractivity contribution is 7.07. The van der Waals surface area contributed by atoms with Gasteiger partial charge in [-0.1, -0.05) is 24.3 Å². The van der Waals surface area contributed by atoms with Crippen molar-refractivity contribution in [1.82, 2.24) is 4.68 Å². The lowest BCUT2D eigenvalue weighted by atomic mass is 10.1. The van der Waals surface area contributed by atoms with E-state index in [0.29, 0.717) is 13.2 Å². The Labute approximate surface area is 180 Å². The minimum atomic E-state index is 0.565. The third-order valence-electron chi connectivity index (χ3n) is 5.09. The van der Waals surface area contributed by atoms with Crippen LogP contribution in [0.1, 0.15) is 17.5 Å². The van der Waals surface area contributed by atoms with Crippen molar-refractivity contribution in [2.45, 2.75) is 12.8 Å². The second kappa shape index (κ2) is 9.28. The molecule has 1 aliphatic rings. The molecule has 1 aromatic heterocycles. The van der Waals surface area contributed by atoms with Crippen molar-refractivity contribution in [2.75, 3.05) is 34.5 Å². The topological polar surface area (TPSA) is 57.3 Å². The summed E-state index contributed by atoms with van der Waals surface area (Å²) >= 11 is 1.56. The Balaban J connectivity index is 1.88. The maximum absolute atomic E-state index is 5.62. The van der Waals surface area contributed by atoms with Crippen LogP contribution in [0.3, 0.4) is 0 Å². The van der Waals surface area contributed by atoms with E-state index in [9.17, 15) is 0 Å². The summed E-state index contributed by atoms with van der Waals surface area (Å²) in [6.07, 6.45) is 1.92. The number of rotatable bonds is 7. The molecule has 0 atom stereocenters. The van der Waals surface area contributed by atoms with E-state index in [1.165, 1.54) is 11.1 Å². The first-order valence-corrected chi connectivity index (χ1v) is 10.7. The van der Waals surface area contributed by atoms with Gasteiger partial charge in [0, 0.05) is 23.6 Å². The average Bonchev–Trinajstić information content (AvgIpc) is 3.38. The minimum Gasteiger partial charge on any atom is -0.497 e. The molecule has 156 valence electrons. The van der Waals surface area contributed by atoms with E-state index in [0.717, 1.165) is 46.1 Å². The second-order valence-electron chi connectivity index (χ2n) is 6.86. The lowest BCUT2D eigenvalue weighted by Gasteiger charge is -2.11. The number of benzene rings is 2. The number of aromatic nitrogens is 1. The summed E-state index contributed by atoms with van der Waals surface area (Å²) in [5.41, 5.74) is 5.45. The van der Waals surface area contributed by atoms with Gasteiger partial charge in [0.2, 0.25) is 4.80 Å². The van der Waals surface area contributed by atoms with Crippen molar-refractivity contribution in [2.24, 2.45) is 10.1 Å². The van der Waals surface area contributed by atoms with Gasteiger partial charge >= 0.3 is 0 Å². The molecule has 0 saturated carbocycles. The molecule has 0 bridgehead atoms. The van der Waals surface area contributed by atoms with Crippen LogP contribution in [-0.2, 0) is 11.2 Å². The summed E-state index contributed by atoms with van der Waals surface area (Å²) in [7, 11) is 5.01. The average molecular weight is 424 g/mol. The standard InChI is InChI=1S/C23H25N3O3S/c1-27-13-12-24-23-26(25-20-10-8-16-6-4-5-7-18(16)20)21(15-30-23)19-14-17(28-2)9-11-22(19)29-3/h4-7,9,11,14-15H,8,10,12-13H2,1-3H3/b24-23?,25-20-. The Morgan fingerprint density at radius 3 is 2.67 bits per heavy atom. The molecule has 1 aliphatic carbocycles. The summed E-state index contributed by atoms with van der Waals surface area (Å²) in [4.78, 5) is 5.54. The molecular formula is C23H25N3O3S. The van der Waals surface area contributed by atoms with Gasteiger partial charge in [0.25, 0.3) is 0 Å². The van der Waals surface area contributed by atoms with Crippen LogP contribution in [0, 0.1) is 0 Å². The van der Waals surface area contributed by atoms with Crippen LogP contribution in [0.25, 0.3) is 11.3 Å². The van der Waals surface area contributed by atoms with Crippen molar-refractivity contribution in [3.63, 3.8) is 0 Å². The number of hydrogen-bond donors (Lipinski definition) is 0. The number of ether oxygens (including phenoxy) is 3. The molecule has 0 amide bonds. The highest BCUT2D eigenvalue weighted by atomic mass is 32.1. The van der Waals surface area contributed by atoms with Crippen LogP contribution in [0.15, 0.2) is 57.9 Å². The minimum absolute atomic E-state index is 0.565. The van der Waals surface area contributed by atoms with E-state index in [1.807, 2.05) is 22.9 Å². The number of nitrogens with zero attached hydrogens (tertiary/aromatic N) is 3. The molecule has 0 aliphatic heterocycles. The van der Waals surface area contributed by atoms with Crippen LogP contribution in [0.5, 0.6) is 11.5 Å². The Bertz CT molecular complexity index is 1130. The number of methoxy groups -OCH3 is 3. The molecule has 0 unspecified atom stereocenters. The Hall–Kier alpha value is -2.90. The van der Waals surface area contributed by atoms with E-state index in [1.54, 1.807) is 32.7 Å². The van der Waals surface area contributed by atoms with E-state index >= 15 is 0 Å². The predicted octanol–water partition coefficient (Wildman–Crippen LogP) is 3.98. The summed E-state index contributed by atoms with van der Waals surface area (Å²) in [6.45, 7) is 1.14. The third-order valence-corrected chi connectivity index (χ3v) is 5.94. The maximum atomic E-state index is 5.62. The zero-order valence-corrected chi connectivity index (χ0v) is 18.2. The maximum Gasteiger partial charge on any atom is 0.206 e. The molecule has 3 aromatic rings. The molecule has 4 rings (SSSR count). The van der Waals surface area contributed by atoms with Crippen molar-refractivity contribution in [3.05, 3.63) is 63.8 Å². The van der Waals surface area contributed by atoms with Crippen molar-refractivity contribution in [1.29, 1.82) is 0 Å². The third kappa shape index (κ3) is 4.04. The molecule has 2 aromatic carbocycles. The quantitative estimate of drug-likeness (QED) is 0.540. The lowest BCUT2D eigenvalue weighted by Crippen LogP contribution is -2.16. The van der Waals surface area contributed by atoms with Gasteiger partial charge in [-0.2, -0.15) is 5.10 Å². The van der Waals surface area contributed by atoms with E-state index in [4.69, 9.17) is 24.3 Å². The van der Waals surface area contributed by atoms with Crippen molar-refractivity contribution < 1.29 is 14.2 Å². The van der Waals surface area contributed by atoms with E-state index < -0.39 is 0 Å². The molecule has 0 radical (unpaired) electrons. The van der Waals surface area contributed by atoms with Crippen LogP contribution >= 0.6 is 11.3 Å². The number of aryl methyl sites for hydroxylation is 1. The van der Waals surface area contributed by atoms with E-state index in [2.05, 4.69) is 29.6 Å². The molecule has 0 spiro atoms. The van der Waals surface area contributed by atoms with Gasteiger partial charge in [-0.3, -0.25) is 4.99 Å². The lowest BCUT2D eigenvalue weighted by molar-refractivity contribution is 0.207. The van der Waals surface area contributed by atoms with Crippen LogP contribution in [0.2, 0.25) is 0 Å². The normalized spacial score (nSPS) is 14.9. The first-order valence-electron chi connectivity index (χ1n) is 9.83. The van der Waals surface area contributed by atoms with E-state index in [-0.39, 0.29) is 0 Å². The summed E-state index contributed by atoms with van der Waals surface area (Å²) in [5.74, 6) is 1.53. The zero-order valence-electron chi connectivity index (χ0n) is 17.4. The molecule has 1 heterocycles. The van der Waals surface area contributed by atoms with Crippen LogP contribution in [0.4, 0.5) is 0 Å². The zero-order chi connectivity index (χ0) is 20.9. The Morgan fingerprint density at radius 2 is 1.87 bits per heavy atom. The monoisotopic (exact) mass is 423 g/mol. The predicted molar refractivity (Wildman–Crippen MR) is 120 cm³/mol. The summed E-state index contributed by atoms with van der Waals surface area (Å²) in [6, 6.07) is 14.2. The molecular weight excluding hydrogens is 398 g/mol. The first kappa shape index (κ1) is 20.4. The van der Waals surface area contributed by atoms with Crippen LogP contribution in [-0.4, -0.2) is 44.9 Å². The molecule has 7 heteroatoms. The van der Waals surface area contributed by atoms with Gasteiger partial charge in [-0.25, -0.2) is 4.68 Å². The number of hydrogen-bond acceptors (Lipinski definition) is 6.